The largest absolute Gasteiger partial charge is 0.450 e. The molecule has 0 aromatic carbocycles. The van der Waals surface area contributed by atoms with Gasteiger partial charge in [0.2, 0.25) is 5.78 Å². The van der Waals surface area contributed by atoms with E-state index in [4.69, 9.17) is 9.57 Å². The number of hydrogen-bond donors (Lipinski definition) is 2. The maximum absolute atomic E-state index is 12.7. The monoisotopic (exact) mass is 497 g/mol. The van der Waals surface area contributed by atoms with Gasteiger partial charge in [0, 0.05) is 6.42 Å². The summed E-state index contributed by atoms with van der Waals surface area (Å²) in [7, 11) is 0. The van der Waals surface area contributed by atoms with Gasteiger partial charge in [-0.25, -0.2) is 4.79 Å². The fourth-order valence-corrected chi connectivity index (χ4v) is 3.53. The summed E-state index contributed by atoms with van der Waals surface area (Å²) in [6.45, 7) is 7.05. The summed E-state index contributed by atoms with van der Waals surface area (Å²) in [6, 6.07) is 0. The number of unbranched alkanes of at least 4 members (excludes halogenated alkanes) is 12. The van der Waals surface area contributed by atoms with Gasteiger partial charge >= 0.3 is 12.3 Å². The van der Waals surface area contributed by atoms with Crippen LogP contribution < -0.4 is 5.48 Å². The summed E-state index contributed by atoms with van der Waals surface area (Å²) >= 11 is 0. The second-order valence-electron chi connectivity index (χ2n) is 9.98. The van der Waals surface area contributed by atoms with Crippen LogP contribution in [0.15, 0.2) is 0 Å². The molecule has 1 amide bonds. The molecule has 0 heterocycles. The zero-order valence-electron chi connectivity index (χ0n) is 21.5. The number of aliphatic hydroxyl groups excluding tert-OH is 1. The van der Waals surface area contributed by atoms with Crippen LogP contribution in [-0.2, 0) is 14.4 Å². The van der Waals surface area contributed by atoms with E-state index in [2.05, 4.69) is 6.92 Å². The van der Waals surface area contributed by atoms with Crippen LogP contribution in [0, 0.1) is 0 Å². The van der Waals surface area contributed by atoms with Gasteiger partial charge in [0.05, 0.1) is 6.10 Å². The molecule has 0 aromatic heterocycles. The Morgan fingerprint density at radius 3 is 1.68 bits per heavy atom. The average molecular weight is 498 g/mol. The number of rotatable bonds is 19. The van der Waals surface area contributed by atoms with Gasteiger partial charge in [-0.2, -0.15) is 18.7 Å². The Hall–Kier alpha value is -1.35. The lowest BCUT2D eigenvalue weighted by Gasteiger charge is -2.24. The Bertz CT molecular complexity index is 550. The van der Waals surface area contributed by atoms with Crippen LogP contribution in [0.2, 0.25) is 0 Å². The molecule has 0 bridgehead atoms. The Balaban J connectivity index is 4.21. The van der Waals surface area contributed by atoms with Crippen molar-refractivity contribution in [3.8, 4) is 0 Å². The van der Waals surface area contributed by atoms with E-state index in [1.807, 2.05) is 5.48 Å². The van der Waals surface area contributed by atoms with Gasteiger partial charge < -0.3 is 9.84 Å². The molecule has 2 atom stereocenters. The topological polar surface area (TPSA) is 84.9 Å². The number of aliphatic hydroxyl groups is 1. The molecule has 0 radical (unpaired) electrons. The highest BCUT2D eigenvalue weighted by molar-refractivity contribution is 5.84. The number of Topliss-reactive ketones (excluding diaryl/α,β-unsaturated/α-hetero) is 1. The lowest BCUT2D eigenvalue weighted by Crippen LogP contribution is -2.42. The first-order valence-corrected chi connectivity index (χ1v) is 12.8. The molecule has 2 N–H and O–H groups in total. The Morgan fingerprint density at radius 1 is 0.824 bits per heavy atom. The number of nitrogens with one attached hydrogen (secondary N) is 1. The molecule has 34 heavy (non-hydrogen) atoms. The van der Waals surface area contributed by atoms with Crippen LogP contribution >= 0.6 is 0 Å². The first-order chi connectivity index (χ1) is 15.9. The summed E-state index contributed by atoms with van der Waals surface area (Å²) in [4.78, 5) is 28.0. The smallest absolute Gasteiger partial charge is 0.442 e. The minimum absolute atomic E-state index is 0.170. The standard InChI is InChI=1S/C25H46F3NO5/c1-5-6-7-8-9-10-11-12-13-14-15-16-17-18-20(30)21(19-22(31)25(26,27)28)34-29-23(32)33-24(2,3)4/h20-21,30H,5-19H2,1-4H3,(H,29,32)/t20-,21+/m1/s1. The molecular formula is C25H46F3NO5. The van der Waals surface area contributed by atoms with Crippen molar-refractivity contribution in [3.05, 3.63) is 0 Å². The molecule has 0 aromatic rings. The highest BCUT2D eigenvalue weighted by Crippen LogP contribution is 2.22. The molecule has 0 fully saturated rings. The molecule has 0 saturated carbocycles. The van der Waals surface area contributed by atoms with Crippen LogP contribution in [0.4, 0.5) is 18.0 Å². The van der Waals surface area contributed by atoms with Gasteiger partial charge in [-0.3, -0.25) is 9.63 Å². The zero-order chi connectivity index (χ0) is 26.0. The molecule has 0 aliphatic rings. The zero-order valence-corrected chi connectivity index (χ0v) is 21.5. The molecule has 0 saturated heterocycles. The van der Waals surface area contributed by atoms with Crippen molar-refractivity contribution in [2.24, 2.45) is 0 Å². The molecule has 0 aliphatic carbocycles. The summed E-state index contributed by atoms with van der Waals surface area (Å²) in [5.74, 6) is -2.02. The van der Waals surface area contributed by atoms with E-state index in [-0.39, 0.29) is 6.42 Å². The van der Waals surface area contributed by atoms with Gasteiger partial charge in [0.15, 0.2) is 0 Å². The van der Waals surface area contributed by atoms with Crippen molar-refractivity contribution >= 4 is 11.9 Å². The second kappa shape index (κ2) is 18.0. The van der Waals surface area contributed by atoms with Crippen molar-refractivity contribution < 1.29 is 37.4 Å². The van der Waals surface area contributed by atoms with Gasteiger partial charge in [-0.05, 0) is 27.2 Å². The summed E-state index contributed by atoms with van der Waals surface area (Å²) in [5, 5.41) is 10.3. The van der Waals surface area contributed by atoms with Crippen molar-refractivity contribution in [2.45, 2.75) is 148 Å². The Morgan fingerprint density at radius 2 is 1.26 bits per heavy atom. The first kappa shape index (κ1) is 32.7. The van der Waals surface area contributed by atoms with Crippen LogP contribution in [0.25, 0.3) is 0 Å². The van der Waals surface area contributed by atoms with Crippen LogP contribution in [-0.4, -0.2) is 41.0 Å². The van der Waals surface area contributed by atoms with E-state index in [0.29, 0.717) is 6.42 Å². The lowest BCUT2D eigenvalue weighted by molar-refractivity contribution is -0.177. The van der Waals surface area contributed by atoms with Gasteiger partial charge in [-0.1, -0.05) is 90.4 Å². The van der Waals surface area contributed by atoms with Crippen LogP contribution in [0.1, 0.15) is 124 Å². The van der Waals surface area contributed by atoms with Crippen LogP contribution in [0.3, 0.4) is 0 Å². The number of alkyl halides is 3. The third-order valence-electron chi connectivity index (χ3n) is 5.43. The predicted octanol–water partition coefficient (Wildman–Crippen LogP) is 7.18. The fraction of sp³-hybridized carbons (Fsp3) is 0.920. The number of carbonyl (C=O) groups excluding carboxylic acids is 2. The van der Waals surface area contributed by atoms with E-state index in [0.717, 1.165) is 25.7 Å². The summed E-state index contributed by atoms with van der Waals surface area (Å²) in [6.07, 6.45) is 5.12. The molecule has 9 heteroatoms. The number of amides is 1. The van der Waals surface area contributed by atoms with Crippen molar-refractivity contribution in [2.75, 3.05) is 0 Å². The molecule has 0 aliphatic heterocycles. The van der Waals surface area contributed by atoms with Gasteiger partial charge in [0.1, 0.15) is 11.7 Å². The predicted molar refractivity (Wildman–Crippen MR) is 126 cm³/mol. The minimum atomic E-state index is -5.04. The Kier molecular flexibility index (Phi) is 17.3. The number of ether oxygens (including phenoxy) is 1. The number of carbonyl (C=O) groups is 2. The number of hydroxylamine groups is 1. The first-order valence-electron chi connectivity index (χ1n) is 12.8. The second-order valence-corrected chi connectivity index (χ2v) is 9.98. The molecular weight excluding hydrogens is 451 g/mol. The van der Waals surface area contributed by atoms with E-state index in [1.165, 1.54) is 51.4 Å². The third-order valence-corrected chi connectivity index (χ3v) is 5.43. The van der Waals surface area contributed by atoms with E-state index in [9.17, 15) is 27.9 Å². The number of halogens is 3. The molecule has 0 unspecified atom stereocenters. The SMILES string of the molecule is CCCCCCCCCCCCCCC[C@@H](O)[C@H](CC(=O)C(F)(F)F)ONC(=O)OC(C)(C)C. The maximum Gasteiger partial charge on any atom is 0.450 e. The highest BCUT2D eigenvalue weighted by atomic mass is 19.4. The quantitative estimate of drug-likeness (QED) is 0.146. The third kappa shape index (κ3) is 19.0. The summed E-state index contributed by atoms with van der Waals surface area (Å²) in [5.41, 5.74) is 1.05. The molecule has 202 valence electrons. The van der Waals surface area contributed by atoms with Crippen molar-refractivity contribution in [1.29, 1.82) is 0 Å². The Labute approximate surface area is 203 Å². The van der Waals surface area contributed by atoms with Crippen LogP contribution in [0.5, 0.6) is 0 Å². The highest BCUT2D eigenvalue weighted by Gasteiger charge is 2.41. The summed E-state index contributed by atoms with van der Waals surface area (Å²) < 4.78 is 43.0. The maximum atomic E-state index is 12.7. The van der Waals surface area contributed by atoms with Gasteiger partial charge in [0.25, 0.3) is 0 Å². The molecule has 0 rings (SSSR count). The molecule has 0 spiro atoms. The van der Waals surface area contributed by atoms with Crippen molar-refractivity contribution in [1.82, 2.24) is 5.48 Å². The minimum Gasteiger partial charge on any atom is -0.442 e. The average Bonchev–Trinajstić information content (AvgIpc) is 2.72. The number of ketones is 1. The fourth-order valence-electron chi connectivity index (χ4n) is 3.53. The van der Waals surface area contributed by atoms with Gasteiger partial charge in [-0.15, -0.1) is 0 Å². The van der Waals surface area contributed by atoms with Crippen molar-refractivity contribution in [3.63, 3.8) is 0 Å². The number of hydrogen-bond acceptors (Lipinski definition) is 5. The van der Waals surface area contributed by atoms with E-state index < -0.39 is 42.3 Å². The van der Waals surface area contributed by atoms with E-state index in [1.54, 1.807) is 20.8 Å². The van der Waals surface area contributed by atoms with E-state index >= 15 is 0 Å². The molecule has 6 nitrogen and oxygen atoms in total. The lowest BCUT2D eigenvalue weighted by atomic mass is 10.00. The normalized spacial score (nSPS) is 14.0.